The van der Waals surface area contributed by atoms with Gasteiger partial charge < -0.3 is 19.8 Å². The van der Waals surface area contributed by atoms with Gasteiger partial charge in [-0.15, -0.1) is 0 Å². The number of hydrogen-bond acceptors (Lipinski definition) is 4. The molecule has 0 amide bonds. The third kappa shape index (κ3) is 4.88. The molecule has 0 aromatic heterocycles. The first-order valence-corrected chi connectivity index (χ1v) is 13.7. The fraction of sp³-hybridized carbons (Fsp3) is 0.500. The largest absolute Gasteiger partial charge is 0.490 e. The first kappa shape index (κ1) is 25.2. The van der Waals surface area contributed by atoms with Gasteiger partial charge >= 0.3 is 5.97 Å². The summed E-state index contributed by atoms with van der Waals surface area (Å²) in [6.45, 7) is 4.21. The molecule has 1 spiro atoms. The monoisotopic (exact) mass is 509 g/mol. The second-order valence-corrected chi connectivity index (χ2v) is 11.2. The number of carboxylic acid groups (broad SMARTS) is 1. The number of allylic oxidation sites excluding steroid dienone is 1. The van der Waals surface area contributed by atoms with Crippen LogP contribution in [0.3, 0.4) is 0 Å². The molecule has 3 aliphatic rings. The number of anilines is 1. The van der Waals surface area contributed by atoms with Crippen LogP contribution in [0.1, 0.15) is 66.9 Å². The molecule has 0 bridgehead atoms. The lowest BCUT2D eigenvalue weighted by Gasteiger charge is -2.45. The Balaban J connectivity index is 1.48. The van der Waals surface area contributed by atoms with E-state index < -0.39 is 12.1 Å². The topological polar surface area (TPSA) is 70.0 Å². The summed E-state index contributed by atoms with van der Waals surface area (Å²) >= 11 is 6.34. The molecule has 1 heterocycles. The van der Waals surface area contributed by atoms with Crippen molar-refractivity contribution in [2.24, 2.45) is 11.8 Å². The number of nitrogens with zero attached hydrogens (tertiary/aromatic N) is 1. The van der Waals surface area contributed by atoms with E-state index >= 15 is 0 Å². The van der Waals surface area contributed by atoms with Gasteiger partial charge in [0.25, 0.3) is 0 Å². The Kier molecular flexibility index (Phi) is 7.32. The molecule has 2 aliphatic carbocycles. The van der Waals surface area contributed by atoms with E-state index in [4.69, 9.17) is 16.3 Å². The Hall–Kier alpha value is -2.50. The molecule has 2 aromatic rings. The number of hydrogen-bond donors (Lipinski definition) is 2. The molecule has 192 valence electrons. The van der Waals surface area contributed by atoms with Crippen LogP contribution in [-0.2, 0) is 11.8 Å². The fourth-order valence-electron chi connectivity index (χ4n) is 6.35. The van der Waals surface area contributed by atoms with Crippen LogP contribution in [0, 0.1) is 11.8 Å². The molecule has 2 N–H and O–H groups in total. The molecule has 36 heavy (non-hydrogen) atoms. The first-order valence-electron chi connectivity index (χ1n) is 13.3. The van der Waals surface area contributed by atoms with E-state index in [1.54, 1.807) is 18.2 Å². The van der Waals surface area contributed by atoms with Crippen LogP contribution in [0.2, 0.25) is 5.02 Å². The van der Waals surface area contributed by atoms with Gasteiger partial charge in [-0.05, 0) is 91.8 Å². The van der Waals surface area contributed by atoms with Crippen LogP contribution in [0.5, 0.6) is 5.75 Å². The van der Waals surface area contributed by atoms with E-state index in [1.807, 2.05) is 12.1 Å². The lowest BCUT2D eigenvalue weighted by Crippen LogP contribution is -2.49. The van der Waals surface area contributed by atoms with Gasteiger partial charge in [0.1, 0.15) is 5.75 Å². The zero-order valence-corrected chi connectivity index (χ0v) is 21.7. The number of aryl methyl sites for hydroxylation is 1. The zero-order valence-electron chi connectivity index (χ0n) is 21.0. The highest BCUT2D eigenvalue weighted by Crippen LogP contribution is 2.46. The molecule has 4 atom stereocenters. The third-order valence-corrected chi connectivity index (χ3v) is 8.68. The molecule has 5 nitrogen and oxygen atoms in total. The van der Waals surface area contributed by atoms with Crippen molar-refractivity contribution in [3.05, 3.63) is 70.3 Å². The zero-order chi connectivity index (χ0) is 25.3. The van der Waals surface area contributed by atoms with Gasteiger partial charge in [0.15, 0.2) is 0 Å². The SMILES string of the molecule is CCC/C=C/[C@@H](O)[C@@H]1CC[C@H]1CN1C[C@@]2(CCCc3cc(Cl)ccc32)COc2ccc(C(=O)O)cc21. The minimum atomic E-state index is -0.938. The molecule has 0 saturated heterocycles. The molecule has 0 unspecified atom stereocenters. The van der Waals surface area contributed by atoms with Crippen LogP contribution in [0.25, 0.3) is 0 Å². The van der Waals surface area contributed by atoms with Crippen molar-refractivity contribution in [1.29, 1.82) is 0 Å². The molecular weight excluding hydrogens is 474 g/mol. The second-order valence-electron chi connectivity index (χ2n) is 10.8. The Labute approximate surface area is 218 Å². The number of halogens is 1. The van der Waals surface area contributed by atoms with Gasteiger partial charge in [0.05, 0.1) is 24.0 Å². The van der Waals surface area contributed by atoms with Crippen molar-refractivity contribution < 1.29 is 19.7 Å². The Morgan fingerprint density at radius 1 is 1.28 bits per heavy atom. The summed E-state index contributed by atoms with van der Waals surface area (Å²) in [6, 6.07) is 11.4. The van der Waals surface area contributed by atoms with Gasteiger partial charge in [0.2, 0.25) is 0 Å². The van der Waals surface area contributed by atoms with Crippen molar-refractivity contribution >= 4 is 23.3 Å². The highest BCUT2D eigenvalue weighted by atomic mass is 35.5. The first-order chi connectivity index (χ1) is 17.4. The van der Waals surface area contributed by atoms with E-state index in [-0.39, 0.29) is 16.9 Å². The molecule has 1 aliphatic heterocycles. The number of rotatable bonds is 7. The van der Waals surface area contributed by atoms with Crippen molar-refractivity contribution in [1.82, 2.24) is 0 Å². The van der Waals surface area contributed by atoms with Crippen LogP contribution in [-0.4, -0.2) is 42.0 Å². The smallest absolute Gasteiger partial charge is 0.335 e. The van der Waals surface area contributed by atoms with Crippen LogP contribution in [0.15, 0.2) is 48.6 Å². The molecule has 1 fully saturated rings. The van der Waals surface area contributed by atoms with Crippen molar-refractivity contribution in [3.63, 3.8) is 0 Å². The Bertz CT molecular complexity index is 1150. The third-order valence-electron chi connectivity index (χ3n) is 8.44. The number of aliphatic hydroxyl groups excluding tert-OH is 1. The molecule has 0 radical (unpaired) electrons. The summed E-state index contributed by atoms with van der Waals surface area (Å²) < 4.78 is 6.44. The van der Waals surface area contributed by atoms with Crippen molar-refractivity contribution in [2.45, 2.75) is 63.4 Å². The van der Waals surface area contributed by atoms with Gasteiger partial charge in [-0.3, -0.25) is 0 Å². The average molecular weight is 510 g/mol. The van der Waals surface area contributed by atoms with Crippen molar-refractivity contribution in [3.8, 4) is 5.75 Å². The number of unbranched alkanes of at least 4 members (excludes halogenated alkanes) is 1. The molecule has 2 aromatic carbocycles. The summed E-state index contributed by atoms with van der Waals surface area (Å²) in [7, 11) is 0. The van der Waals surface area contributed by atoms with E-state index in [0.29, 0.717) is 12.5 Å². The minimum Gasteiger partial charge on any atom is -0.490 e. The number of ether oxygens (including phenoxy) is 1. The maximum Gasteiger partial charge on any atom is 0.335 e. The number of fused-ring (bicyclic) bond motifs is 3. The Morgan fingerprint density at radius 3 is 2.89 bits per heavy atom. The predicted octanol–water partition coefficient (Wildman–Crippen LogP) is 6.25. The van der Waals surface area contributed by atoms with E-state index in [0.717, 1.165) is 74.5 Å². The predicted molar refractivity (Wildman–Crippen MR) is 143 cm³/mol. The maximum atomic E-state index is 11.8. The van der Waals surface area contributed by atoms with E-state index in [2.05, 4.69) is 30.0 Å². The van der Waals surface area contributed by atoms with E-state index in [1.165, 1.54) is 11.1 Å². The molecule has 1 saturated carbocycles. The highest BCUT2D eigenvalue weighted by molar-refractivity contribution is 6.30. The van der Waals surface area contributed by atoms with Gasteiger partial charge in [-0.1, -0.05) is 43.2 Å². The van der Waals surface area contributed by atoms with Gasteiger partial charge in [-0.2, -0.15) is 0 Å². The molecular formula is C30H36ClNO4. The molecule has 6 heteroatoms. The number of benzene rings is 2. The van der Waals surface area contributed by atoms with Crippen LogP contribution >= 0.6 is 11.6 Å². The summed E-state index contributed by atoms with van der Waals surface area (Å²) in [5.41, 5.74) is 3.49. The van der Waals surface area contributed by atoms with Crippen LogP contribution in [0.4, 0.5) is 5.69 Å². The Morgan fingerprint density at radius 2 is 2.14 bits per heavy atom. The summed E-state index contributed by atoms with van der Waals surface area (Å²) in [5.74, 6) is 0.363. The normalized spacial score (nSPS) is 26.0. The van der Waals surface area contributed by atoms with Gasteiger partial charge in [-0.25, -0.2) is 4.79 Å². The standard InChI is InChI=1S/C30H36ClNO4/c1-2-3-4-7-27(33)24-11-8-22(24)17-32-18-30(14-5-6-20-15-23(31)10-12-25(20)30)19-36-28-13-9-21(29(34)35)16-26(28)32/h4,7,9-10,12-13,15-16,22,24,27,33H,2-3,5-6,8,11,14,17-19H2,1H3,(H,34,35)/b7-4+/t22-,24+,27+,30-/m0/s1. The highest BCUT2D eigenvalue weighted by Gasteiger charge is 2.44. The number of aromatic carboxylic acids is 1. The minimum absolute atomic E-state index is 0.195. The lowest BCUT2D eigenvalue weighted by molar-refractivity contribution is 0.0456. The number of aliphatic hydroxyl groups is 1. The van der Waals surface area contributed by atoms with Crippen molar-refractivity contribution in [2.75, 3.05) is 24.6 Å². The second kappa shape index (κ2) is 10.5. The summed E-state index contributed by atoms with van der Waals surface area (Å²) in [4.78, 5) is 14.2. The van der Waals surface area contributed by atoms with E-state index in [9.17, 15) is 15.0 Å². The fourth-order valence-corrected chi connectivity index (χ4v) is 6.54. The van der Waals surface area contributed by atoms with Crippen LogP contribution < -0.4 is 9.64 Å². The molecule has 5 rings (SSSR count). The lowest BCUT2D eigenvalue weighted by atomic mass is 9.68. The summed E-state index contributed by atoms with van der Waals surface area (Å²) in [5, 5.41) is 21.3. The summed E-state index contributed by atoms with van der Waals surface area (Å²) in [6.07, 6.45) is 10.8. The number of carbonyl (C=O) groups is 1. The van der Waals surface area contributed by atoms with Gasteiger partial charge in [0, 0.05) is 23.5 Å². The number of carboxylic acids is 1. The quantitative estimate of drug-likeness (QED) is 0.431. The average Bonchev–Trinajstić information content (AvgIpc) is 2.99. The maximum absolute atomic E-state index is 11.8.